The van der Waals surface area contributed by atoms with E-state index in [2.05, 4.69) is 22.8 Å². The number of anilines is 1. The number of benzene rings is 3. The molecule has 1 fully saturated rings. The van der Waals surface area contributed by atoms with Gasteiger partial charge in [-0.3, -0.25) is 9.59 Å². The summed E-state index contributed by atoms with van der Waals surface area (Å²) >= 11 is 0. The van der Waals surface area contributed by atoms with Gasteiger partial charge in [-0.1, -0.05) is 68.7 Å². The van der Waals surface area contributed by atoms with E-state index >= 15 is 0 Å². The highest BCUT2D eigenvalue weighted by Gasteiger charge is 2.20. The summed E-state index contributed by atoms with van der Waals surface area (Å²) in [6.07, 6.45) is 5.62. The van der Waals surface area contributed by atoms with Crippen LogP contribution in [0.25, 0.3) is 11.1 Å². The van der Waals surface area contributed by atoms with Crippen LogP contribution in [0.2, 0.25) is 0 Å². The van der Waals surface area contributed by atoms with E-state index in [1.807, 2.05) is 49.4 Å². The fourth-order valence-corrected chi connectivity index (χ4v) is 4.29. The van der Waals surface area contributed by atoms with Crippen LogP contribution in [0, 0.1) is 0 Å². The van der Waals surface area contributed by atoms with Crippen LogP contribution < -0.4 is 15.4 Å². The Hall–Kier alpha value is -3.60. The number of ether oxygens (including phenoxy) is 1. The van der Waals surface area contributed by atoms with Gasteiger partial charge in [-0.15, -0.1) is 0 Å². The summed E-state index contributed by atoms with van der Waals surface area (Å²) in [5.74, 6) is 0.379. The molecule has 1 saturated carbocycles. The molecule has 0 bridgehead atoms. The predicted octanol–water partition coefficient (Wildman–Crippen LogP) is 6.21. The second kappa shape index (κ2) is 11.5. The van der Waals surface area contributed by atoms with E-state index in [9.17, 15) is 9.59 Å². The molecule has 1 atom stereocenters. The van der Waals surface area contributed by atoms with E-state index in [4.69, 9.17) is 4.74 Å². The van der Waals surface area contributed by atoms with Crippen LogP contribution in [0.4, 0.5) is 5.69 Å². The van der Waals surface area contributed by atoms with Crippen LogP contribution in [0.5, 0.6) is 5.75 Å². The number of rotatable bonds is 8. The van der Waals surface area contributed by atoms with Crippen LogP contribution in [0.1, 0.15) is 55.8 Å². The Bertz CT molecular complexity index is 1070. The van der Waals surface area contributed by atoms with Crippen molar-refractivity contribution in [3.05, 3.63) is 84.4 Å². The molecule has 2 N–H and O–H groups in total. The van der Waals surface area contributed by atoms with Gasteiger partial charge in [0.1, 0.15) is 5.75 Å². The molecular formula is C29H32N2O3. The standard InChI is InChI=1S/C29H32N2O3/c1-2-27(34-26-19-15-22(16-20-26)21-9-5-3-6-10-21)29(33)31-25-17-13-23(14-18-25)28(32)30-24-11-7-4-8-12-24/h3,5-6,9-10,13-20,24,27H,2,4,7-8,11-12H2,1H3,(H,30,32)(H,31,33). The summed E-state index contributed by atoms with van der Waals surface area (Å²) in [6, 6.07) is 25.2. The lowest BCUT2D eigenvalue weighted by atomic mass is 9.95. The normalized spacial score (nSPS) is 14.7. The fraction of sp³-hybridized carbons (Fsp3) is 0.310. The minimum Gasteiger partial charge on any atom is -0.481 e. The van der Waals surface area contributed by atoms with Gasteiger partial charge in [0, 0.05) is 17.3 Å². The van der Waals surface area contributed by atoms with Gasteiger partial charge in [0.25, 0.3) is 11.8 Å². The maximum atomic E-state index is 12.8. The van der Waals surface area contributed by atoms with Crippen molar-refractivity contribution in [1.29, 1.82) is 0 Å². The molecule has 3 aromatic rings. The average molecular weight is 457 g/mol. The Kier molecular flexibility index (Phi) is 7.97. The number of hydrogen-bond donors (Lipinski definition) is 2. The lowest BCUT2D eigenvalue weighted by Gasteiger charge is -2.22. The zero-order valence-corrected chi connectivity index (χ0v) is 19.6. The van der Waals surface area contributed by atoms with Crippen molar-refractivity contribution in [3.8, 4) is 16.9 Å². The number of amides is 2. The third-order valence-corrected chi connectivity index (χ3v) is 6.26. The third kappa shape index (κ3) is 6.25. The van der Waals surface area contributed by atoms with Gasteiger partial charge in [0.05, 0.1) is 0 Å². The van der Waals surface area contributed by atoms with Crippen molar-refractivity contribution in [2.24, 2.45) is 0 Å². The predicted molar refractivity (Wildman–Crippen MR) is 136 cm³/mol. The topological polar surface area (TPSA) is 67.4 Å². The molecule has 0 heterocycles. The highest BCUT2D eigenvalue weighted by atomic mass is 16.5. The van der Waals surface area contributed by atoms with Crippen molar-refractivity contribution >= 4 is 17.5 Å². The largest absolute Gasteiger partial charge is 0.481 e. The zero-order valence-electron chi connectivity index (χ0n) is 19.6. The first-order valence-electron chi connectivity index (χ1n) is 12.2. The Morgan fingerprint density at radius 3 is 2.15 bits per heavy atom. The summed E-state index contributed by atoms with van der Waals surface area (Å²) in [5, 5.41) is 6.02. The van der Waals surface area contributed by atoms with Crippen molar-refractivity contribution < 1.29 is 14.3 Å². The minimum atomic E-state index is -0.614. The molecule has 1 aliphatic rings. The van der Waals surface area contributed by atoms with Crippen molar-refractivity contribution in [1.82, 2.24) is 5.32 Å². The summed E-state index contributed by atoms with van der Waals surface area (Å²) in [4.78, 5) is 25.3. The molecule has 0 radical (unpaired) electrons. The maximum Gasteiger partial charge on any atom is 0.265 e. The molecule has 0 spiro atoms. The summed E-state index contributed by atoms with van der Waals surface area (Å²) in [6.45, 7) is 1.92. The molecule has 0 aliphatic heterocycles. The Morgan fingerprint density at radius 2 is 1.50 bits per heavy atom. The van der Waals surface area contributed by atoms with E-state index in [0.717, 1.165) is 24.0 Å². The van der Waals surface area contributed by atoms with Crippen LogP contribution in [-0.4, -0.2) is 24.0 Å². The fourth-order valence-electron chi connectivity index (χ4n) is 4.29. The lowest BCUT2D eigenvalue weighted by Crippen LogP contribution is -2.36. The molecule has 0 aromatic heterocycles. The van der Waals surface area contributed by atoms with Crippen molar-refractivity contribution in [3.63, 3.8) is 0 Å². The maximum absolute atomic E-state index is 12.8. The molecule has 1 aliphatic carbocycles. The number of carbonyl (C=O) groups excluding carboxylic acids is 2. The zero-order chi connectivity index (χ0) is 23.8. The van der Waals surface area contributed by atoms with Crippen LogP contribution in [0.15, 0.2) is 78.9 Å². The third-order valence-electron chi connectivity index (χ3n) is 6.26. The summed E-state index contributed by atoms with van der Waals surface area (Å²) in [5.41, 5.74) is 3.47. The molecular weight excluding hydrogens is 424 g/mol. The van der Waals surface area contributed by atoms with Crippen LogP contribution in [-0.2, 0) is 4.79 Å². The first-order chi connectivity index (χ1) is 16.6. The van der Waals surface area contributed by atoms with Gasteiger partial charge in [-0.05, 0) is 66.8 Å². The molecule has 5 heteroatoms. The first-order valence-corrected chi connectivity index (χ1v) is 12.2. The quantitative estimate of drug-likeness (QED) is 0.423. The van der Waals surface area contributed by atoms with Gasteiger partial charge in [-0.2, -0.15) is 0 Å². The molecule has 34 heavy (non-hydrogen) atoms. The molecule has 1 unspecified atom stereocenters. The van der Waals surface area contributed by atoms with E-state index in [-0.39, 0.29) is 17.9 Å². The van der Waals surface area contributed by atoms with Gasteiger partial charge in [0.2, 0.25) is 0 Å². The van der Waals surface area contributed by atoms with Crippen LogP contribution >= 0.6 is 0 Å². The first kappa shape index (κ1) is 23.6. The molecule has 2 amide bonds. The van der Waals surface area contributed by atoms with Crippen LogP contribution in [0.3, 0.4) is 0 Å². The van der Waals surface area contributed by atoms with Crippen molar-refractivity contribution in [2.45, 2.75) is 57.6 Å². The number of hydrogen-bond acceptors (Lipinski definition) is 3. The van der Waals surface area contributed by atoms with Gasteiger partial charge in [0.15, 0.2) is 6.10 Å². The Morgan fingerprint density at radius 1 is 0.853 bits per heavy atom. The molecule has 0 saturated heterocycles. The summed E-state index contributed by atoms with van der Waals surface area (Å²) < 4.78 is 5.96. The van der Waals surface area contributed by atoms with E-state index < -0.39 is 6.10 Å². The second-order valence-electron chi connectivity index (χ2n) is 8.78. The van der Waals surface area contributed by atoms with Gasteiger partial charge >= 0.3 is 0 Å². The average Bonchev–Trinajstić information content (AvgIpc) is 2.89. The highest BCUT2D eigenvalue weighted by Crippen LogP contribution is 2.23. The molecule has 3 aromatic carbocycles. The molecule has 5 nitrogen and oxygen atoms in total. The van der Waals surface area contributed by atoms with E-state index in [1.54, 1.807) is 24.3 Å². The van der Waals surface area contributed by atoms with Gasteiger partial charge in [-0.25, -0.2) is 0 Å². The smallest absolute Gasteiger partial charge is 0.265 e. The SMILES string of the molecule is CCC(Oc1ccc(-c2ccccc2)cc1)C(=O)Nc1ccc(C(=O)NC2CCCCC2)cc1. The Balaban J connectivity index is 1.32. The molecule has 4 rings (SSSR count). The summed E-state index contributed by atoms with van der Waals surface area (Å²) in [7, 11) is 0. The number of carbonyl (C=O) groups is 2. The molecule has 176 valence electrons. The minimum absolute atomic E-state index is 0.0569. The lowest BCUT2D eigenvalue weighted by molar-refractivity contribution is -0.122. The second-order valence-corrected chi connectivity index (χ2v) is 8.78. The van der Waals surface area contributed by atoms with E-state index in [0.29, 0.717) is 23.4 Å². The highest BCUT2D eigenvalue weighted by molar-refractivity contribution is 5.97. The van der Waals surface area contributed by atoms with Crippen molar-refractivity contribution in [2.75, 3.05) is 5.32 Å². The Labute approximate surface area is 201 Å². The monoisotopic (exact) mass is 456 g/mol. The van der Waals surface area contributed by atoms with E-state index in [1.165, 1.54) is 19.3 Å². The number of nitrogens with one attached hydrogen (secondary N) is 2. The van der Waals surface area contributed by atoms with Gasteiger partial charge < -0.3 is 15.4 Å².